The van der Waals surface area contributed by atoms with Crippen LogP contribution in [0.25, 0.3) is 0 Å². The van der Waals surface area contributed by atoms with Gasteiger partial charge in [-0.1, -0.05) is 36.8 Å². The molecular formula is C16H23N. The lowest BCUT2D eigenvalue weighted by atomic mass is 9.84. The van der Waals surface area contributed by atoms with Gasteiger partial charge in [-0.15, -0.1) is 0 Å². The predicted molar refractivity (Wildman–Crippen MR) is 71.7 cm³/mol. The Bertz CT molecular complexity index is 359. The minimum atomic E-state index is 0.686. The molecule has 0 heterocycles. The fraction of sp³-hybridized carbons (Fsp3) is 0.625. The molecule has 1 nitrogen and oxygen atoms in total. The van der Waals surface area contributed by atoms with E-state index >= 15 is 0 Å². The van der Waals surface area contributed by atoms with Gasteiger partial charge in [0.2, 0.25) is 0 Å². The molecule has 1 aromatic carbocycles. The third-order valence-corrected chi connectivity index (χ3v) is 4.91. The van der Waals surface area contributed by atoms with E-state index in [4.69, 9.17) is 0 Å². The Hall–Kier alpha value is -0.820. The first-order valence-electron chi connectivity index (χ1n) is 7.10. The lowest BCUT2D eigenvalue weighted by Gasteiger charge is -2.28. The first kappa shape index (κ1) is 11.3. The summed E-state index contributed by atoms with van der Waals surface area (Å²) in [4.78, 5) is 0. The molecule has 4 atom stereocenters. The molecule has 3 rings (SSSR count). The summed E-state index contributed by atoms with van der Waals surface area (Å²) in [5.74, 6) is 3.03. The second kappa shape index (κ2) is 4.81. The van der Waals surface area contributed by atoms with Crippen LogP contribution in [0.2, 0.25) is 0 Å². The van der Waals surface area contributed by atoms with Gasteiger partial charge in [-0.25, -0.2) is 0 Å². The molecule has 17 heavy (non-hydrogen) atoms. The summed E-state index contributed by atoms with van der Waals surface area (Å²) in [5.41, 5.74) is 1.41. The van der Waals surface area contributed by atoms with E-state index in [0.717, 1.165) is 24.3 Å². The molecule has 2 saturated carbocycles. The number of hydrogen-bond acceptors (Lipinski definition) is 1. The van der Waals surface area contributed by atoms with Gasteiger partial charge in [-0.3, -0.25) is 0 Å². The van der Waals surface area contributed by atoms with Gasteiger partial charge in [-0.2, -0.15) is 0 Å². The van der Waals surface area contributed by atoms with E-state index in [-0.39, 0.29) is 0 Å². The average molecular weight is 229 g/mol. The summed E-state index contributed by atoms with van der Waals surface area (Å²) in [6.45, 7) is 3.41. The quantitative estimate of drug-likeness (QED) is 0.832. The molecule has 1 aromatic rings. The molecule has 2 fully saturated rings. The molecule has 92 valence electrons. The molecule has 0 spiro atoms. The van der Waals surface area contributed by atoms with Crippen molar-refractivity contribution in [1.29, 1.82) is 0 Å². The standard InChI is InChI=1S/C16H23N/c1-12(16-10-14-7-8-15(16)9-14)17-11-13-5-3-2-4-6-13/h2-6,12,14-17H,7-11H2,1H3/t12-,14-,15-,16-/m1/s1. The van der Waals surface area contributed by atoms with Crippen molar-refractivity contribution in [2.24, 2.45) is 17.8 Å². The fourth-order valence-electron chi connectivity index (χ4n) is 3.93. The Labute approximate surface area is 105 Å². The van der Waals surface area contributed by atoms with Crippen LogP contribution in [0.3, 0.4) is 0 Å². The van der Waals surface area contributed by atoms with Crippen LogP contribution in [-0.2, 0) is 6.54 Å². The Kier molecular flexibility index (Phi) is 3.19. The Morgan fingerprint density at radius 2 is 2.00 bits per heavy atom. The summed E-state index contributed by atoms with van der Waals surface area (Å²) in [5, 5.41) is 3.73. The number of fused-ring (bicyclic) bond motifs is 2. The zero-order valence-corrected chi connectivity index (χ0v) is 10.7. The fourth-order valence-corrected chi connectivity index (χ4v) is 3.93. The van der Waals surface area contributed by atoms with Crippen molar-refractivity contribution in [2.75, 3.05) is 0 Å². The molecule has 0 radical (unpaired) electrons. The largest absolute Gasteiger partial charge is 0.310 e. The second-order valence-corrected chi connectivity index (χ2v) is 5.99. The molecular weight excluding hydrogens is 206 g/mol. The normalized spacial score (nSPS) is 32.9. The number of rotatable bonds is 4. The molecule has 0 unspecified atom stereocenters. The van der Waals surface area contributed by atoms with Gasteiger partial charge in [0.1, 0.15) is 0 Å². The highest BCUT2D eigenvalue weighted by molar-refractivity contribution is 5.14. The zero-order chi connectivity index (χ0) is 11.7. The molecule has 0 saturated heterocycles. The topological polar surface area (TPSA) is 12.0 Å². The van der Waals surface area contributed by atoms with Crippen LogP contribution in [0, 0.1) is 17.8 Å². The minimum Gasteiger partial charge on any atom is -0.310 e. The number of benzene rings is 1. The van der Waals surface area contributed by atoms with Crippen molar-refractivity contribution in [3.63, 3.8) is 0 Å². The van der Waals surface area contributed by atoms with Crippen molar-refractivity contribution in [3.05, 3.63) is 35.9 Å². The minimum absolute atomic E-state index is 0.686. The van der Waals surface area contributed by atoms with Gasteiger partial charge in [0.05, 0.1) is 0 Å². The molecule has 1 heteroatoms. The van der Waals surface area contributed by atoms with E-state index < -0.39 is 0 Å². The summed E-state index contributed by atoms with van der Waals surface area (Å²) >= 11 is 0. The summed E-state index contributed by atoms with van der Waals surface area (Å²) in [6, 6.07) is 11.4. The maximum absolute atomic E-state index is 3.73. The van der Waals surface area contributed by atoms with E-state index in [0.29, 0.717) is 6.04 Å². The van der Waals surface area contributed by atoms with Crippen molar-refractivity contribution in [1.82, 2.24) is 5.32 Å². The maximum atomic E-state index is 3.73. The predicted octanol–water partition coefficient (Wildman–Crippen LogP) is 3.60. The van der Waals surface area contributed by atoms with E-state index in [1.54, 1.807) is 0 Å². The van der Waals surface area contributed by atoms with E-state index in [1.807, 2.05) is 0 Å². The van der Waals surface area contributed by atoms with Crippen LogP contribution in [0.5, 0.6) is 0 Å². The molecule has 0 amide bonds. The van der Waals surface area contributed by atoms with Gasteiger partial charge < -0.3 is 5.32 Å². The smallest absolute Gasteiger partial charge is 0.0208 e. The zero-order valence-electron chi connectivity index (χ0n) is 10.7. The monoisotopic (exact) mass is 229 g/mol. The molecule has 0 aromatic heterocycles. The molecule has 2 aliphatic carbocycles. The molecule has 0 aliphatic heterocycles. The third kappa shape index (κ3) is 2.40. The second-order valence-electron chi connectivity index (χ2n) is 5.99. The van der Waals surface area contributed by atoms with Crippen molar-refractivity contribution >= 4 is 0 Å². The van der Waals surface area contributed by atoms with Gasteiger partial charge in [-0.05, 0) is 49.5 Å². The lowest BCUT2D eigenvalue weighted by Crippen LogP contribution is -2.35. The van der Waals surface area contributed by atoms with Gasteiger partial charge in [0, 0.05) is 12.6 Å². The van der Waals surface area contributed by atoms with Crippen LogP contribution in [-0.4, -0.2) is 6.04 Å². The first-order chi connectivity index (χ1) is 8.33. The third-order valence-electron chi connectivity index (χ3n) is 4.91. The number of nitrogens with one attached hydrogen (secondary N) is 1. The van der Waals surface area contributed by atoms with E-state index in [9.17, 15) is 0 Å². The van der Waals surface area contributed by atoms with Crippen molar-refractivity contribution < 1.29 is 0 Å². The highest BCUT2D eigenvalue weighted by Crippen LogP contribution is 2.49. The highest BCUT2D eigenvalue weighted by atomic mass is 14.9. The van der Waals surface area contributed by atoms with Crippen molar-refractivity contribution in [3.8, 4) is 0 Å². The van der Waals surface area contributed by atoms with E-state index in [1.165, 1.54) is 31.2 Å². The first-order valence-corrected chi connectivity index (χ1v) is 7.10. The Balaban J connectivity index is 1.52. The Morgan fingerprint density at radius 3 is 2.65 bits per heavy atom. The van der Waals surface area contributed by atoms with Crippen LogP contribution in [0.15, 0.2) is 30.3 Å². The summed E-state index contributed by atoms with van der Waals surface area (Å²) in [7, 11) is 0. The van der Waals surface area contributed by atoms with Gasteiger partial charge in [0.25, 0.3) is 0 Å². The lowest BCUT2D eigenvalue weighted by molar-refractivity contribution is 0.259. The SMILES string of the molecule is C[C@@H](NCc1ccccc1)[C@H]1C[C@@H]2CC[C@@H]1C2. The van der Waals surface area contributed by atoms with Crippen LogP contribution < -0.4 is 5.32 Å². The summed E-state index contributed by atoms with van der Waals surface area (Å²) in [6.07, 6.45) is 5.99. The van der Waals surface area contributed by atoms with Crippen LogP contribution in [0.1, 0.15) is 38.2 Å². The average Bonchev–Trinajstić information content (AvgIpc) is 2.99. The van der Waals surface area contributed by atoms with Crippen molar-refractivity contribution in [2.45, 2.75) is 45.2 Å². The van der Waals surface area contributed by atoms with Crippen LogP contribution in [0.4, 0.5) is 0 Å². The molecule has 2 aliphatic rings. The Morgan fingerprint density at radius 1 is 1.18 bits per heavy atom. The van der Waals surface area contributed by atoms with Crippen LogP contribution >= 0.6 is 0 Å². The molecule has 2 bridgehead atoms. The van der Waals surface area contributed by atoms with Gasteiger partial charge >= 0.3 is 0 Å². The van der Waals surface area contributed by atoms with E-state index in [2.05, 4.69) is 42.6 Å². The molecule has 1 N–H and O–H groups in total. The van der Waals surface area contributed by atoms with Gasteiger partial charge in [0.15, 0.2) is 0 Å². The highest BCUT2D eigenvalue weighted by Gasteiger charge is 2.41. The maximum Gasteiger partial charge on any atom is 0.0208 e. The summed E-state index contributed by atoms with van der Waals surface area (Å²) < 4.78 is 0. The number of hydrogen-bond donors (Lipinski definition) is 1.